The van der Waals surface area contributed by atoms with Crippen molar-refractivity contribution in [3.63, 3.8) is 0 Å². The number of rotatable bonds is 3. The summed E-state index contributed by atoms with van der Waals surface area (Å²) in [6, 6.07) is 8.60. The predicted octanol–water partition coefficient (Wildman–Crippen LogP) is 5.95. The molecular formula is C18H26. The first-order chi connectivity index (χ1) is 8.54. The first kappa shape index (κ1) is 16.4. The number of hydrogen-bond acceptors (Lipinski definition) is 0. The van der Waals surface area contributed by atoms with Crippen LogP contribution in [0.15, 0.2) is 54.1 Å². The Hall–Kier alpha value is -1.56. The van der Waals surface area contributed by atoms with Gasteiger partial charge in [-0.2, -0.15) is 0 Å². The monoisotopic (exact) mass is 242 g/mol. The second-order valence-electron chi connectivity index (χ2n) is 4.22. The van der Waals surface area contributed by atoms with Crippen LogP contribution in [-0.2, 0) is 0 Å². The molecule has 0 N–H and O–H groups in total. The molecule has 0 radical (unpaired) electrons. The van der Waals surface area contributed by atoms with Crippen LogP contribution >= 0.6 is 0 Å². The molecule has 0 nitrogen and oxygen atoms in total. The fourth-order valence-electron chi connectivity index (χ4n) is 1.44. The Bertz CT molecular complexity index is 428. The van der Waals surface area contributed by atoms with E-state index in [1.54, 1.807) is 0 Å². The summed E-state index contributed by atoms with van der Waals surface area (Å²) >= 11 is 0. The van der Waals surface area contributed by atoms with Gasteiger partial charge in [0.2, 0.25) is 0 Å². The highest BCUT2D eigenvalue weighted by atomic mass is 14.0. The molecule has 0 spiro atoms. The van der Waals surface area contributed by atoms with Crippen molar-refractivity contribution in [3.8, 4) is 0 Å². The van der Waals surface area contributed by atoms with Gasteiger partial charge in [-0.15, -0.1) is 0 Å². The molecule has 0 heterocycles. The Morgan fingerprint density at radius 1 is 1.06 bits per heavy atom. The van der Waals surface area contributed by atoms with Gasteiger partial charge in [-0.05, 0) is 44.4 Å². The van der Waals surface area contributed by atoms with Gasteiger partial charge in [0.15, 0.2) is 0 Å². The van der Waals surface area contributed by atoms with Crippen LogP contribution in [0.25, 0.3) is 5.57 Å². The zero-order valence-electron chi connectivity index (χ0n) is 12.7. The van der Waals surface area contributed by atoms with Crippen LogP contribution in [0.3, 0.4) is 0 Å². The van der Waals surface area contributed by atoms with Crippen LogP contribution in [0.1, 0.15) is 45.7 Å². The maximum absolute atomic E-state index is 3.95. The summed E-state index contributed by atoms with van der Waals surface area (Å²) in [4.78, 5) is 0. The molecule has 18 heavy (non-hydrogen) atoms. The van der Waals surface area contributed by atoms with Crippen molar-refractivity contribution in [1.82, 2.24) is 0 Å². The lowest BCUT2D eigenvalue weighted by molar-refractivity contribution is 1.36. The highest BCUT2D eigenvalue weighted by Gasteiger charge is 1.98. The fourth-order valence-corrected chi connectivity index (χ4v) is 1.44. The van der Waals surface area contributed by atoms with E-state index in [1.165, 1.54) is 22.3 Å². The van der Waals surface area contributed by atoms with Gasteiger partial charge in [0.25, 0.3) is 0 Å². The highest BCUT2D eigenvalue weighted by molar-refractivity contribution is 5.75. The summed E-state index contributed by atoms with van der Waals surface area (Å²) < 4.78 is 0. The maximum atomic E-state index is 3.95. The average Bonchev–Trinajstić information content (AvgIpc) is 2.39. The molecule has 98 valence electrons. The molecule has 1 aromatic carbocycles. The van der Waals surface area contributed by atoms with Crippen LogP contribution in [0, 0.1) is 6.92 Å². The normalized spacial score (nSPS) is 11.7. The molecule has 0 amide bonds. The third-order valence-corrected chi connectivity index (χ3v) is 2.74. The van der Waals surface area contributed by atoms with E-state index in [4.69, 9.17) is 0 Å². The molecule has 0 atom stereocenters. The first-order valence-corrected chi connectivity index (χ1v) is 6.62. The quantitative estimate of drug-likeness (QED) is 0.575. The van der Waals surface area contributed by atoms with Crippen molar-refractivity contribution >= 4 is 5.57 Å². The Kier molecular flexibility index (Phi) is 7.78. The fraction of sp³-hybridized carbons (Fsp3) is 0.333. The van der Waals surface area contributed by atoms with Crippen LogP contribution < -0.4 is 0 Å². The summed E-state index contributed by atoms with van der Waals surface area (Å²) in [5.41, 5.74) is 6.15. The van der Waals surface area contributed by atoms with Gasteiger partial charge in [-0.25, -0.2) is 0 Å². The molecule has 0 fully saturated rings. The van der Waals surface area contributed by atoms with Crippen LogP contribution in [-0.4, -0.2) is 0 Å². The van der Waals surface area contributed by atoms with E-state index in [0.717, 1.165) is 5.57 Å². The predicted molar refractivity (Wildman–Crippen MR) is 84.7 cm³/mol. The van der Waals surface area contributed by atoms with E-state index in [2.05, 4.69) is 63.8 Å². The van der Waals surface area contributed by atoms with Crippen molar-refractivity contribution in [2.24, 2.45) is 0 Å². The minimum atomic E-state index is 1.12. The number of aryl methyl sites for hydroxylation is 1. The Morgan fingerprint density at radius 2 is 1.56 bits per heavy atom. The van der Waals surface area contributed by atoms with Crippen molar-refractivity contribution in [2.75, 3.05) is 0 Å². The number of benzene rings is 1. The van der Waals surface area contributed by atoms with Crippen LogP contribution in [0.2, 0.25) is 0 Å². The van der Waals surface area contributed by atoms with E-state index in [1.807, 2.05) is 20.8 Å². The van der Waals surface area contributed by atoms with E-state index in [0.29, 0.717) is 0 Å². The Labute approximate surface area is 113 Å². The summed E-state index contributed by atoms with van der Waals surface area (Å²) in [7, 11) is 0. The van der Waals surface area contributed by atoms with Gasteiger partial charge in [0.1, 0.15) is 0 Å². The van der Waals surface area contributed by atoms with E-state index < -0.39 is 0 Å². The van der Waals surface area contributed by atoms with Gasteiger partial charge >= 0.3 is 0 Å². The van der Waals surface area contributed by atoms with Gasteiger partial charge < -0.3 is 0 Å². The second-order valence-corrected chi connectivity index (χ2v) is 4.22. The van der Waals surface area contributed by atoms with Gasteiger partial charge in [-0.1, -0.05) is 68.0 Å². The van der Waals surface area contributed by atoms with E-state index in [-0.39, 0.29) is 0 Å². The zero-order valence-corrected chi connectivity index (χ0v) is 12.7. The third kappa shape index (κ3) is 5.18. The second kappa shape index (κ2) is 8.52. The molecule has 0 saturated carbocycles. The van der Waals surface area contributed by atoms with Crippen LogP contribution in [0.5, 0.6) is 0 Å². The van der Waals surface area contributed by atoms with Crippen molar-refractivity contribution < 1.29 is 0 Å². The molecule has 1 aromatic rings. The molecule has 0 aromatic heterocycles. The van der Waals surface area contributed by atoms with Gasteiger partial charge in [0.05, 0.1) is 0 Å². The van der Waals surface area contributed by atoms with Crippen LogP contribution in [0.4, 0.5) is 0 Å². The number of hydrogen-bond donors (Lipinski definition) is 0. The molecule has 0 unspecified atom stereocenters. The SMILES string of the molecule is C=C(C)/C(C)=C/C(=C\C)c1ccc(C)cc1.CC. The first-order valence-electron chi connectivity index (χ1n) is 6.62. The topological polar surface area (TPSA) is 0 Å². The number of allylic oxidation sites excluding steroid dienone is 5. The molecule has 1 rings (SSSR count). The molecule has 0 aliphatic heterocycles. The molecule has 0 aliphatic carbocycles. The summed E-state index contributed by atoms with van der Waals surface area (Å²) in [5.74, 6) is 0. The lowest BCUT2D eigenvalue weighted by Gasteiger charge is -2.05. The summed E-state index contributed by atoms with van der Waals surface area (Å²) in [5, 5.41) is 0. The van der Waals surface area contributed by atoms with Crippen molar-refractivity contribution in [2.45, 2.75) is 41.5 Å². The average molecular weight is 242 g/mol. The van der Waals surface area contributed by atoms with E-state index in [9.17, 15) is 0 Å². The maximum Gasteiger partial charge on any atom is -0.0187 e. The zero-order chi connectivity index (χ0) is 14.1. The molecule has 0 heteroatoms. The molecule has 0 saturated heterocycles. The lowest BCUT2D eigenvalue weighted by atomic mass is 10.00. The Balaban J connectivity index is 0.00000137. The Morgan fingerprint density at radius 3 is 1.94 bits per heavy atom. The van der Waals surface area contributed by atoms with Gasteiger partial charge in [-0.3, -0.25) is 0 Å². The smallest absolute Gasteiger partial charge is 0.0187 e. The minimum Gasteiger partial charge on any atom is -0.0958 e. The summed E-state index contributed by atoms with van der Waals surface area (Å²) in [6.45, 7) is 16.3. The van der Waals surface area contributed by atoms with Crippen molar-refractivity contribution in [3.05, 3.63) is 65.3 Å². The minimum absolute atomic E-state index is 1.12. The lowest BCUT2D eigenvalue weighted by Crippen LogP contribution is -1.84. The largest absolute Gasteiger partial charge is 0.0958 e. The molecule has 0 aliphatic rings. The highest BCUT2D eigenvalue weighted by Crippen LogP contribution is 2.20. The van der Waals surface area contributed by atoms with Gasteiger partial charge in [0, 0.05) is 0 Å². The van der Waals surface area contributed by atoms with E-state index >= 15 is 0 Å². The summed E-state index contributed by atoms with van der Waals surface area (Å²) in [6.07, 6.45) is 4.32. The third-order valence-electron chi connectivity index (χ3n) is 2.74. The molecule has 0 bridgehead atoms. The standard InChI is InChI=1S/C16H20.C2H6/c1-6-15(11-14(5)12(2)3)16-9-7-13(4)8-10-16;1-2/h6-11H,2H2,1,3-5H3;1-2H3/b14-11+,15-6+;. The van der Waals surface area contributed by atoms with Crippen molar-refractivity contribution in [1.29, 1.82) is 0 Å². The molecular weight excluding hydrogens is 216 g/mol.